The molecule has 1 heterocycles. The van der Waals surface area contributed by atoms with Crippen molar-refractivity contribution in [1.29, 1.82) is 0 Å². The molecule has 1 aromatic heterocycles. The van der Waals surface area contributed by atoms with Crippen LogP contribution in [-0.4, -0.2) is 25.8 Å². The molecule has 0 amide bonds. The second-order valence-corrected chi connectivity index (χ2v) is 8.04. The lowest BCUT2D eigenvalue weighted by molar-refractivity contribution is 0.0993. The van der Waals surface area contributed by atoms with Crippen LogP contribution in [0, 0.1) is 20.8 Å². The number of aryl methyl sites for hydroxylation is 3. The van der Waals surface area contributed by atoms with Crippen molar-refractivity contribution in [3.05, 3.63) is 40.2 Å². The molecule has 3 rings (SSSR count). The Morgan fingerprint density at radius 3 is 2.50 bits per heavy atom. The number of benzene rings is 1. The molecule has 1 atom stereocenters. The number of aromatic nitrogens is 3. The van der Waals surface area contributed by atoms with Gasteiger partial charge < -0.3 is 4.57 Å². The van der Waals surface area contributed by atoms with E-state index in [0.717, 1.165) is 34.2 Å². The van der Waals surface area contributed by atoms with Crippen molar-refractivity contribution in [2.45, 2.75) is 70.3 Å². The Morgan fingerprint density at radius 2 is 1.88 bits per heavy atom. The maximum Gasteiger partial charge on any atom is 0.191 e. The minimum Gasteiger partial charge on any atom is -0.306 e. The highest BCUT2D eigenvalue weighted by molar-refractivity contribution is 8.00. The smallest absolute Gasteiger partial charge is 0.191 e. The Morgan fingerprint density at radius 1 is 1.21 bits per heavy atom. The van der Waals surface area contributed by atoms with Gasteiger partial charge in [0.05, 0.1) is 5.25 Å². The molecule has 0 spiro atoms. The number of hydrogen-bond acceptors (Lipinski definition) is 4. The second kappa shape index (κ2) is 6.71. The van der Waals surface area contributed by atoms with Gasteiger partial charge in [0.2, 0.25) is 0 Å². The normalized spacial score (nSPS) is 15.5. The zero-order valence-electron chi connectivity index (χ0n) is 15.1. The van der Waals surface area contributed by atoms with Crippen LogP contribution in [0.15, 0.2) is 17.3 Å². The van der Waals surface area contributed by atoms with Crippen molar-refractivity contribution in [2.24, 2.45) is 0 Å². The lowest BCUT2D eigenvalue weighted by Crippen LogP contribution is -2.16. The number of hydrogen-bond donors (Lipinski definition) is 0. The molecular weight excluding hydrogens is 318 g/mol. The maximum atomic E-state index is 12.9. The standard InChI is InChI=1S/C19H25N3OS/c1-6-22-18(15-7-8-15)20-21-19(22)24-14(5)17(23)16-10-12(3)11(2)9-13(16)4/h9-10,14-15H,6-8H2,1-5H3/t14-/m0/s1. The summed E-state index contributed by atoms with van der Waals surface area (Å²) >= 11 is 1.52. The molecule has 128 valence electrons. The third kappa shape index (κ3) is 3.27. The van der Waals surface area contributed by atoms with Crippen molar-refractivity contribution in [1.82, 2.24) is 14.8 Å². The van der Waals surface area contributed by atoms with Crippen LogP contribution in [0.2, 0.25) is 0 Å². The summed E-state index contributed by atoms with van der Waals surface area (Å²) in [6.07, 6.45) is 2.41. The van der Waals surface area contributed by atoms with Crippen molar-refractivity contribution in [3.8, 4) is 0 Å². The summed E-state index contributed by atoms with van der Waals surface area (Å²) in [5.74, 6) is 1.82. The molecule has 1 aromatic carbocycles. The lowest BCUT2D eigenvalue weighted by atomic mass is 9.97. The summed E-state index contributed by atoms with van der Waals surface area (Å²) in [4.78, 5) is 12.9. The van der Waals surface area contributed by atoms with Gasteiger partial charge in [0.1, 0.15) is 5.82 Å². The first-order chi connectivity index (χ1) is 11.4. The van der Waals surface area contributed by atoms with E-state index in [2.05, 4.69) is 41.6 Å². The number of thioether (sulfide) groups is 1. The Hall–Kier alpha value is -1.62. The fraction of sp³-hybridized carbons (Fsp3) is 0.526. The average Bonchev–Trinajstić information content (AvgIpc) is 3.31. The summed E-state index contributed by atoms with van der Waals surface area (Å²) in [6.45, 7) is 11.1. The fourth-order valence-corrected chi connectivity index (χ4v) is 3.97. The molecule has 4 nitrogen and oxygen atoms in total. The van der Waals surface area contributed by atoms with Crippen LogP contribution in [0.1, 0.15) is 65.5 Å². The summed E-state index contributed by atoms with van der Waals surface area (Å²) in [7, 11) is 0. The average molecular weight is 343 g/mol. The van der Waals surface area contributed by atoms with Gasteiger partial charge in [0, 0.05) is 18.0 Å². The number of ketones is 1. The molecular formula is C19H25N3OS. The van der Waals surface area contributed by atoms with Crippen LogP contribution < -0.4 is 0 Å². The monoisotopic (exact) mass is 343 g/mol. The quantitative estimate of drug-likeness (QED) is 0.574. The number of Topliss-reactive ketones (excluding diaryl/α,β-unsaturated/α-hetero) is 1. The first-order valence-corrected chi connectivity index (χ1v) is 9.52. The van der Waals surface area contributed by atoms with Gasteiger partial charge in [-0.3, -0.25) is 4.79 Å². The van der Waals surface area contributed by atoms with E-state index in [0.29, 0.717) is 5.92 Å². The van der Waals surface area contributed by atoms with E-state index < -0.39 is 0 Å². The Labute approximate surface area is 148 Å². The molecule has 0 radical (unpaired) electrons. The predicted molar refractivity (Wildman–Crippen MR) is 98.0 cm³/mol. The molecule has 0 bridgehead atoms. The number of carbonyl (C=O) groups is 1. The van der Waals surface area contributed by atoms with Gasteiger partial charge >= 0.3 is 0 Å². The van der Waals surface area contributed by atoms with E-state index in [9.17, 15) is 4.79 Å². The van der Waals surface area contributed by atoms with Crippen LogP contribution in [0.25, 0.3) is 0 Å². The Balaban J connectivity index is 1.81. The molecule has 24 heavy (non-hydrogen) atoms. The lowest BCUT2D eigenvalue weighted by Gasteiger charge is -2.14. The zero-order valence-corrected chi connectivity index (χ0v) is 15.9. The van der Waals surface area contributed by atoms with Crippen molar-refractivity contribution in [2.75, 3.05) is 0 Å². The highest BCUT2D eigenvalue weighted by Crippen LogP contribution is 2.40. The van der Waals surface area contributed by atoms with E-state index in [-0.39, 0.29) is 11.0 Å². The fourth-order valence-electron chi connectivity index (χ4n) is 2.98. The minimum atomic E-state index is -0.174. The number of nitrogens with zero attached hydrogens (tertiary/aromatic N) is 3. The van der Waals surface area contributed by atoms with Crippen molar-refractivity contribution < 1.29 is 4.79 Å². The summed E-state index contributed by atoms with van der Waals surface area (Å²) in [6, 6.07) is 4.12. The molecule has 1 aliphatic rings. The molecule has 0 unspecified atom stereocenters. The first-order valence-electron chi connectivity index (χ1n) is 8.64. The van der Waals surface area contributed by atoms with Crippen LogP contribution in [0.3, 0.4) is 0 Å². The van der Waals surface area contributed by atoms with Crippen molar-refractivity contribution in [3.63, 3.8) is 0 Å². The van der Waals surface area contributed by atoms with Crippen molar-refractivity contribution >= 4 is 17.5 Å². The van der Waals surface area contributed by atoms with Gasteiger partial charge in [-0.15, -0.1) is 10.2 Å². The predicted octanol–water partition coefficient (Wildman–Crippen LogP) is 4.46. The highest BCUT2D eigenvalue weighted by Gasteiger charge is 2.31. The largest absolute Gasteiger partial charge is 0.306 e. The van der Waals surface area contributed by atoms with Gasteiger partial charge in [0.15, 0.2) is 10.9 Å². The van der Waals surface area contributed by atoms with Crippen LogP contribution in [0.4, 0.5) is 0 Å². The summed E-state index contributed by atoms with van der Waals surface area (Å²) in [5.41, 5.74) is 4.26. The Kier molecular flexibility index (Phi) is 4.81. The molecule has 0 saturated heterocycles. The molecule has 5 heteroatoms. The second-order valence-electron chi connectivity index (χ2n) is 6.74. The van der Waals surface area contributed by atoms with E-state index in [1.54, 1.807) is 0 Å². The van der Waals surface area contributed by atoms with E-state index in [1.165, 1.54) is 30.2 Å². The summed E-state index contributed by atoms with van der Waals surface area (Å²) in [5, 5.41) is 9.39. The molecule has 0 N–H and O–H groups in total. The summed E-state index contributed by atoms with van der Waals surface area (Å²) < 4.78 is 2.17. The SMILES string of the molecule is CCn1c(S[C@@H](C)C(=O)c2cc(C)c(C)cc2C)nnc1C1CC1. The Bertz CT molecular complexity index is 777. The van der Waals surface area contributed by atoms with Gasteiger partial charge in [0.25, 0.3) is 0 Å². The number of rotatable bonds is 6. The van der Waals surface area contributed by atoms with Gasteiger partial charge in [-0.25, -0.2) is 0 Å². The topological polar surface area (TPSA) is 47.8 Å². The maximum absolute atomic E-state index is 12.9. The number of carbonyl (C=O) groups excluding carboxylic acids is 1. The van der Waals surface area contributed by atoms with Crippen LogP contribution in [-0.2, 0) is 6.54 Å². The first kappa shape index (κ1) is 17.2. The molecule has 1 aliphatic carbocycles. The molecule has 1 fully saturated rings. The third-order valence-corrected chi connectivity index (χ3v) is 5.84. The minimum absolute atomic E-state index is 0.166. The van der Waals surface area contributed by atoms with Gasteiger partial charge in [-0.1, -0.05) is 17.8 Å². The van der Waals surface area contributed by atoms with Crippen LogP contribution >= 0.6 is 11.8 Å². The van der Waals surface area contributed by atoms with Crippen LogP contribution in [0.5, 0.6) is 0 Å². The van der Waals surface area contributed by atoms with Gasteiger partial charge in [-0.05, 0) is 70.2 Å². The zero-order chi connectivity index (χ0) is 17.4. The third-order valence-electron chi connectivity index (χ3n) is 4.76. The van der Waals surface area contributed by atoms with E-state index in [4.69, 9.17) is 0 Å². The molecule has 1 saturated carbocycles. The highest BCUT2D eigenvalue weighted by atomic mass is 32.2. The van der Waals surface area contributed by atoms with E-state index in [1.807, 2.05) is 19.9 Å². The molecule has 2 aromatic rings. The molecule has 0 aliphatic heterocycles. The van der Waals surface area contributed by atoms with E-state index >= 15 is 0 Å². The van der Waals surface area contributed by atoms with Gasteiger partial charge in [-0.2, -0.15) is 0 Å².